The zero-order chi connectivity index (χ0) is 22.5. The maximum Gasteiger partial charge on any atom is 0.250 e. The Labute approximate surface area is 184 Å². The fourth-order valence-electron chi connectivity index (χ4n) is 4.45. The predicted octanol–water partition coefficient (Wildman–Crippen LogP) is 3.04. The second-order valence-electron chi connectivity index (χ2n) is 8.33. The summed E-state index contributed by atoms with van der Waals surface area (Å²) in [5, 5.41) is 5.71. The van der Waals surface area contributed by atoms with E-state index < -0.39 is 15.6 Å². The van der Waals surface area contributed by atoms with E-state index in [1.165, 1.54) is 23.4 Å². The van der Waals surface area contributed by atoms with E-state index in [2.05, 4.69) is 10.6 Å². The molecule has 3 rings (SSSR count). The van der Waals surface area contributed by atoms with E-state index in [4.69, 9.17) is 4.74 Å². The molecule has 8 nitrogen and oxygen atoms in total. The highest BCUT2D eigenvalue weighted by atomic mass is 32.2. The maximum absolute atomic E-state index is 13.3. The van der Waals surface area contributed by atoms with Gasteiger partial charge in [0.1, 0.15) is 11.3 Å². The first-order chi connectivity index (χ1) is 14.8. The first-order valence-electron chi connectivity index (χ1n) is 11.2. The summed E-state index contributed by atoms with van der Waals surface area (Å²) in [6.45, 7) is 4.61. The van der Waals surface area contributed by atoms with Gasteiger partial charge in [-0.05, 0) is 50.8 Å². The molecule has 2 amide bonds. The number of anilines is 1. The van der Waals surface area contributed by atoms with Crippen LogP contribution in [0.25, 0.3) is 0 Å². The van der Waals surface area contributed by atoms with Crippen LogP contribution in [0.3, 0.4) is 0 Å². The van der Waals surface area contributed by atoms with Crippen LogP contribution in [0.4, 0.5) is 5.69 Å². The summed E-state index contributed by atoms with van der Waals surface area (Å²) in [6, 6.07) is 4.58. The highest BCUT2D eigenvalue weighted by Gasteiger charge is 2.40. The summed E-state index contributed by atoms with van der Waals surface area (Å²) in [4.78, 5) is 25.2. The molecule has 1 aromatic rings. The molecule has 1 saturated carbocycles. The van der Waals surface area contributed by atoms with Crippen LogP contribution < -0.4 is 15.4 Å². The van der Waals surface area contributed by atoms with Crippen molar-refractivity contribution in [1.29, 1.82) is 0 Å². The normalized spacial score (nSPS) is 19.4. The van der Waals surface area contributed by atoms with Crippen molar-refractivity contribution < 1.29 is 22.7 Å². The number of nitrogens with zero attached hydrogens (tertiary/aromatic N) is 1. The van der Waals surface area contributed by atoms with E-state index in [0.717, 1.165) is 38.5 Å². The molecule has 1 aromatic carbocycles. The number of nitrogens with one attached hydrogen (secondary N) is 2. The molecular weight excluding hydrogens is 418 g/mol. The molecule has 0 spiro atoms. The summed E-state index contributed by atoms with van der Waals surface area (Å²) in [5.41, 5.74) is -0.685. The van der Waals surface area contributed by atoms with Crippen LogP contribution in [-0.2, 0) is 19.6 Å². The van der Waals surface area contributed by atoms with Gasteiger partial charge in [-0.2, -0.15) is 4.31 Å². The largest absolute Gasteiger partial charge is 0.492 e. The summed E-state index contributed by atoms with van der Waals surface area (Å²) in [6.07, 6.45) is 6.52. The minimum Gasteiger partial charge on any atom is -0.492 e. The minimum absolute atomic E-state index is 0.130. The van der Waals surface area contributed by atoms with Crippen LogP contribution in [0.1, 0.15) is 65.2 Å². The van der Waals surface area contributed by atoms with Crippen LogP contribution >= 0.6 is 0 Å². The van der Waals surface area contributed by atoms with E-state index in [0.29, 0.717) is 44.0 Å². The molecule has 172 valence electrons. The lowest BCUT2D eigenvalue weighted by molar-refractivity contribution is -0.130. The number of sulfonamides is 1. The van der Waals surface area contributed by atoms with Gasteiger partial charge < -0.3 is 15.4 Å². The van der Waals surface area contributed by atoms with Gasteiger partial charge in [-0.3, -0.25) is 9.59 Å². The highest BCUT2D eigenvalue weighted by Crippen LogP contribution is 2.34. The fourth-order valence-corrected chi connectivity index (χ4v) is 5.99. The predicted molar refractivity (Wildman–Crippen MR) is 118 cm³/mol. The molecule has 1 aliphatic heterocycles. The van der Waals surface area contributed by atoms with E-state index in [1.807, 2.05) is 6.92 Å². The molecule has 0 unspecified atom stereocenters. The number of hydrogen-bond acceptors (Lipinski definition) is 5. The molecule has 2 aliphatic rings. The molecular formula is C22H33N3O5S. The SMILES string of the molecule is CCOc1ccc(S(=O)(=O)N2CCCCC2)cc1NC(=O)C1(NC(C)=O)CCCCC1. The van der Waals surface area contributed by atoms with Crippen molar-refractivity contribution in [3.63, 3.8) is 0 Å². The molecule has 2 fully saturated rings. The summed E-state index contributed by atoms with van der Waals surface area (Å²) < 4.78 is 33.4. The average Bonchev–Trinajstić information content (AvgIpc) is 2.75. The summed E-state index contributed by atoms with van der Waals surface area (Å²) in [5.74, 6) is -0.193. The second-order valence-corrected chi connectivity index (χ2v) is 10.3. The third kappa shape index (κ3) is 5.38. The Morgan fingerprint density at radius 1 is 1.06 bits per heavy atom. The van der Waals surface area contributed by atoms with Crippen LogP contribution in [-0.4, -0.2) is 49.8 Å². The standard InChI is InChI=1S/C22H33N3O5S/c1-3-30-20-11-10-18(31(28,29)25-14-8-5-9-15-25)16-19(20)23-21(27)22(24-17(2)26)12-6-4-7-13-22/h10-11,16H,3-9,12-15H2,1-2H3,(H,23,27)(H,24,26). The third-order valence-corrected chi connectivity index (χ3v) is 7.90. The number of piperidine rings is 1. The Hall–Kier alpha value is -2.13. The molecule has 0 atom stereocenters. The van der Waals surface area contributed by atoms with Crippen molar-refractivity contribution >= 4 is 27.5 Å². The number of carbonyl (C=O) groups is 2. The minimum atomic E-state index is -3.65. The topological polar surface area (TPSA) is 105 Å². The van der Waals surface area contributed by atoms with Crippen LogP contribution in [0.2, 0.25) is 0 Å². The molecule has 0 aromatic heterocycles. The van der Waals surface area contributed by atoms with Gasteiger partial charge in [0.2, 0.25) is 21.8 Å². The van der Waals surface area contributed by atoms with Crippen molar-refractivity contribution in [3.05, 3.63) is 18.2 Å². The zero-order valence-corrected chi connectivity index (χ0v) is 19.2. The van der Waals surface area contributed by atoms with E-state index in [9.17, 15) is 18.0 Å². The van der Waals surface area contributed by atoms with Gasteiger partial charge in [0.05, 0.1) is 17.2 Å². The zero-order valence-electron chi connectivity index (χ0n) is 18.4. The molecule has 0 radical (unpaired) electrons. The molecule has 2 N–H and O–H groups in total. The van der Waals surface area contributed by atoms with Crippen LogP contribution in [0, 0.1) is 0 Å². The monoisotopic (exact) mass is 451 g/mol. The summed E-state index contributed by atoms with van der Waals surface area (Å²) in [7, 11) is -3.65. The Bertz CT molecular complexity index is 904. The smallest absolute Gasteiger partial charge is 0.250 e. The maximum atomic E-state index is 13.3. The number of ether oxygens (including phenoxy) is 1. The van der Waals surface area contributed by atoms with Gasteiger partial charge in [-0.15, -0.1) is 0 Å². The molecule has 1 saturated heterocycles. The number of rotatable bonds is 7. The average molecular weight is 452 g/mol. The van der Waals surface area contributed by atoms with Gasteiger partial charge >= 0.3 is 0 Å². The molecule has 1 heterocycles. The van der Waals surface area contributed by atoms with Crippen molar-refractivity contribution in [3.8, 4) is 5.75 Å². The van der Waals surface area contributed by atoms with Gasteiger partial charge in [0.25, 0.3) is 0 Å². The Morgan fingerprint density at radius 3 is 2.32 bits per heavy atom. The van der Waals surface area contributed by atoms with E-state index in [-0.39, 0.29) is 16.7 Å². The van der Waals surface area contributed by atoms with Gasteiger partial charge in [0, 0.05) is 20.0 Å². The fraction of sp³-hybridized carbons (Fsp3) is 0.636. The lowest BCUT2D eigenvalue weighted by Crippen LogP contribution is -2.57. The lowest BCUT2D eigenvalue weighted by Gasteiger charge is -2.36. The van der Waals surface area contributed by atoms with E-state index >= 15 is 0 Å². The molecule has 1 aliphatic carbocycles. The molecule has 31 heavy (non-hydrogen) atoms. The van der Waals surface area contributed by atoms with Crippen LogP contribution in [0.5, 0.6) is 5.75 Å². The first-order valence-corrected chi connectivity index (χ1v) is 12.6. The Balaban J connectivity index is 1.92. The highest BCUT2D eigenvalue weighted by molar-refractivity contribution is 7.89. The van der Waals surface area contributed by atoms with Gasteiger partial charge in [0.15, 0.2) is 0 Å². The van der Waals surface area contributed by atoms with Crippen molar-refractivity contribution in [2.75, 3.05) is 25.0 Å². The van der Waals surface area contributed by atoms with Crippen molar-refractivity contribution in [1.82, 2.24) is 9.62 Å². The second kappa shape index (κ2) is 9.99. The Morgan fingerprint density at radius 2 is 1.71 bits per heavy atom. The quantitative estimate of drug-likeness (QED) is 0.663. The lowest BCUT2D eigenvalue weighted by atomic mass is 9.80. The summed E-state index contributed by atoms with van der Waals surface area (Å²) >= 11 is 0. The Kier molecular flexibility index (Phi) is 7.59. The first kappa shape index (κ1) is 23.5. The number of hydrogen-bond donors (Lipinski definition) is 2. The van der Waals surface area contributed by atoms with Crippen molar-refractivity contribution in [2.45, 2.75) is 75.6 Å². The molecule has 0 bridgehead atoms. The number of amides is 2. The van der Waals surface area contributed by atoms with E-state index in [1.54, 1.807) is 6.07 Å². The van der Waals surface area contributed by atoms with Gasteiger partial charge in [-0.1, -0.05) is 25.7 Å². The number of carbonyl (C=O) groups excluding carboxylic acids is 2. The molecule has 9 heteroatoms. The van der Waals surface area contributed by atoms with Crippen molar-refractivity contribution in [2.24, 2.45) is 0 Å². The van der Waals surface area contributed by atoms with Crippen LogP contribution in [0.15, 0.2) is 23.1 Å². The number of benzene rings is 1. The third-order valence-electron chi connectivity index (χ3n) is 6.01. The van der Waals surface area contributed by atoms with Gasteiger partial charge in [-0.25, -0.2) is 8.42 Å².